The monoisotopic (exact) mass is 521 g/mol. The molecule has 0 spiro atoms. The van der Waals surface area contributed by atoms with Gasteiger partial charge in [-0.05, 0) is 16.7 Å². The van der Waals surface area contributed by atoms with Crippen LogP contribution in [0.4, 0.5) is 0 Å². The van der Waals surface area contributed by atoms with Gasteiger partial charge in [-0.2, -0.15) is 0 Å². The number of rotatable bonds is 11. The number of carbonyl (C=O) groups is 1. The number of esters is 1. The fourth-order valence-corrected chi connectivity index (χ4v) is 4.34. The lowest BCUT2D eigenvalue weighted by atomic mass is 9.95. The first-order valence-corrected chi connectivity index (χ1v) is 11.9. The van der Waals surface area contributed by atoms with Crippen LogP contribution in [0.3, 0.4) is 0 Å². The predicted molar refractivity (Wildman–Crippen MR) is 135 cm³/mol. The zero-order valence-corrected chi connectivity index (χ0v) is 20.6. The summed E-state index contributed by atoms with van der Waals surface area (Å²) in [6.45, 7) is 1.18. The van der Waals surface area contributed by atoms with Gasteiger partial charge in [0.15, 0.2) is 12.3 Å². The number of carbonyl (C=O) groups excluding carboxylic acids is 1. The number of nitrogens with zero attached hydrogens (tertiary/aromatic N) is 4. The average Bonchev–Trinajstić information content (AvgIpc) is 3.19. The Morgan fingerprint density at radius 2 is 1.74 bits per heavy atom. The standard InChI is InChI=1S/C26H27N5O7/c1-18(32)37-22-23(36-15-20-10-6-3-7-11-20)26(16-28-30-27,17-35-14-19-8-4-2-5-9-19)38-24(22)31-13-12-21(33)29-25(31)34/h2-13,22-24H,14-17H2,1H3,(H,29,33,34)/t22?,23?,24-,26-/m1/s1. The van der Waals surface area contributed by atoms with Gasteiger partial charge >= 0.3 is 11.7 Å². The van der Waals surface area contributed by atoms with E-state index in [-0.39, 0.29) is 26.4 Å². The number of hydrogen-bond donors (Lipinski definition) is 1. The Balaban J connectivity index is 1.73. The summed E-state index contributed by atoms with van der Waals surface area (Å²) in [7, 11) is 0. The molecule has 0 amide bonds. The normalized spacial score (nSPS) is 22.5. The lowest BCUT2D eigenvalue weighted by Gasteiger charge is -2.33. The molecule has 198 valence electrons. The Hall–Kier alpha value is -4.22. The van der Waals surface area contributed by atoms with Crippen LogP contribution in [-0.4, -0.2) is 46.5 Å². The highest BCUT2D eigenvalue weighted by molar-refractivity contribution is 5.66. The molecule has 3 aromatic rings. The SMILES string of the molecule is CC(=O)OC1C(OCc2ccccc2)[C@@](CN=[N+]=[N-])(COCc2ccccc2)O[C@H]1n1ccc(=O)[nH]c1=O. The zero-order valence-electron chi connectivity index (χ0n) is 20.6. The number of ether oxygens (including phenoxy) is 4. The summed E-state index contributed by atoms with van der Waals surface area (Å²) >= 11 is 0. The molecule has 1 aromatic heterocycles. The molecule has 0 saturated carbocycles. The molecular weight excluding hydrogens is 494 g/mol. The first-order chi connectivity index (χ1) is 18.4. The van der Waals surface area contributed by atoms with Crippen LogP contribution < -0.4 is 11.2 Å². The molecule has 1 fully saturated rings. The number of azide groups is 1. The van der Waals surface area contributed by atoms with E-state index in [9.17, 15) is 14.4 Å². The van der Waals surface area contributed by atoms with Crippen LogP contribution in [0.1, 0.15) is 24.3 Å². The van der Waals surface area contributed by atoms with Crippen molar-refractivity contribution in [2.75, 3.05) is 13.2 Å². The van der Waals surface area contributed by atoms with Gasteiger partial charge in [-0.1, -0.05) is 65.8 Å². The molecule has 38 heavy (non-hydrogen) atoms. The Kier molecular flexibility index (Phi) is 8.72. The van der Waals surface area contributed by atoms with Crippen molar-refractivity contribution in [3.63, 3.8) is 0 Å². The summed E-state index contributed by atoms with van der Waals surface area (Å²) in [6.07, 6.45) is -2.13. The van der Waals surface area contributed by atoms with E-state index in [4.69, 9.17) is 24.5 Å². The van der Waals surface area contributed by atoms with Crippen molar-refractivity contribution < 1.29 is 23.7 Å². The van der Waals surface area contributed by atoms with Crippen LogP contribution in [0.15, 0.2) is 87.6 Å². The summed E-state index contributed by atoms with van der Waals surface area (Å²) < 4.78 is 25.4. The van der Waals surface area contributed by atoms with Gasteiger partial charge in [0, 0.05) is 24.1 Å². The molecule has 12 nitrogen and oxygen atoms in total. The summed E-state index contributed by atoms with van der Waals surface area (Å²) in [4.78, 5) is 41.6. The van der Waals surface area contributed by atoms with Crippen LogP contribution in [0.5, 0.6) is 0 Å². The molecular formula is C26H27N5O7. The zero-order chi connectivity index (χ0) is 27.0. The highest BCUT2D eigenvalue weighted by Crippen LogP contribution is 2.41. The fourth-order valence-electron chi connectivity index (χ4n) is 4.34. The van der Waals surface area contributed by atoms with Crippen molar-refractivity contribution in [2.24, 2.45) is 5.11 Å². The summed E-state index contributed by atoms with van der Waals surface area (Å²) in [5, 5.41) is 3.74. The van der Waals surface area contributed by atoms with Gasteiger partial charge in [-0.25, -0.2) is 4.79 Å². The summed E-state index contributed by atoms with van der Waals surface area (Å²) in [5.41, 5.74) is 8.06. The second kappa shape index (κ2) is 12.3. The summed E-state index contributed by atoms with van der Waals surface area (Å²) in [6, 6.07) is 19.9. The molecule has 1 saturated heterocycles. The largest absolute Gasteiger partial charge is 0.455 e. The molecule has 0 bridgehead atoms. The molecule has 12 heteroatoms. The second-order valence-corrected chi connectivity index (χ2v) is 8.75. The lowest BCUT2D eigenvalue weighted by molar-refractivity contribution is -0.159. The molecule has 0 radical (unpaired) electrons. The molecule has 2 unspecified atom stereocenters. The van der Waals surface area contributed by atoms with Crippen LogP contribution in [0, 0.1) is 0 Å². The Morgan fingerprint density at radius 1 is 1.08 bits per heavy atom. The minimum atomic E-state index is -1.45. The minimum absolute atomic E-state index is 0.108. The van der Waals surface area contributed by atoms with E-state index >= 15 is 0 Å². The topological polar surface area (TPSA) is 158 Å². The van der Waals surface area contributed by atoms with Gasteiger partial charge in [0.2, 0.25) is 0 Å². The third-order valence-corrected chi connectivity index (χ3v) is 6.01. The van der Waals surface area contributed by atoms with Crippen molar-refractivity contribution in [1.82, 2.24) is 9.55 Å². The van der Waals surface area contributed by atoms with Gasteiger partial charge in [-0.15, -0.1) is 0 Å². The molecule has 2 heterocycles. The number of H-pyrrole nitrogens is 1. The molecule has 0 aliphatic carbocycles. The van der Waals surface area contributed by atoms with Crippen LogP contribution in [0.25, 0.3) is 10.4 Å². The molecule has 4 atom stereocenters. The molecule has 2 aromatic carbocycles. The first-order valence-electron chi connectivity index (χ1n) is 11.9. The predicted octanol–water partition coefficient (Wildman–Crippen LogP) is 2.85. The maximum absolute atomic E-state index is 12.7. The van der Waals surface area contributed by atoms with Gasteiger partial charge < -0.3 is 18.9 Å². The molecule has 1 aliphatic rings. The minimum Gasteiger partial charge on any atom is -0.455 e. The molecule has 4 rings (SSSR count). The van der Waals surface area contributed by atoms with Gasteiger partial charge in [-0.3, -0.25) is 19.1 Å². The number of aromatic nitrogens is 2. The van der Waals surface area contributed by atoms with E-state index in [0.717, 1.165) is 21.8 Å². The number of hydrogen-bond acceptors (Lipinski definition) is 8. The third kappa shape index (κ3) is 6.36. The number of nitrogens with one attached hydrogen (secondary N) is 1. The maximum Gasteiger partial charge on any atom is 0.330 e. The highest BCUT2D eigenvalue weighted by Gasteiger charge is 2.58. The van der Waals surface area contributed by atoms with E-state index in [2.05, 4.69) is 15.0 Å². The fraction of sp³-hybridized carbons (Fsp3) is 0.346. The van der Waals surface area contributed by atoms with Crippen LogP contribution in [0.2, 0.25) is 0 Å². The van der Waals surface area contributed by atoms with Crippen molar-refractivity contribution in [3.05, 3.63) is 115 Å². The van der Waals surface area contributed by atoms with Crippen LogP contribution >= 0.6 is 0 Å². The molecule has 1 aliphatic heterocycles. The van der Waals surface area contributed by atoms with Gasteiger partial charge in [0.1, 0.15) is 11.7 Å². The number of benzene rings is 2. The van der Waals surface area contributed by atoms with E-state index in [1.54, 1.807) is 0 Å². The second-order valence-electron chi connectivity index (χ2n) is 8.75. The Morgan fingerprint density at radius 3 is 2.34 bits per heavy atom. The van der Waals surface area contributed by atoms with Crippen molar-refractivity contribution in [3.8, 4) is 0 Å². The Labute approximate surface area is 217 Å². The highest BCUT2D eigenvalue weighted by atomic mass is 16.6. The molecule has 1 N–H and O–H groups in total. The third-order valence-electron chi connectivity index (χ3n) is 6.01. The summed E-state index contributed by atoms with van der Waals surface area (Å²) in [5.74, 6) is -0.640. The van der Waals surface area contributed by atoms with Gasteiger partial charge in [0.25, 0.3) is 5.56 Å². The average molecular weight is 522 g/mol. The van der Waals surface area contributed by atoms with Crippen molar-refractivity contribution in [2.45, 2.75) is 44.2 Å². The number of aromatic amines is 1. The van der Waals surface area contributed by atoms with E-state index in [1.165, 1.54) is 13.1 Å². The quantitative estimate of drug-likeness (QED) is 0.176. The van der Waals surface area contributed by atoms with E-state index < -0.39 is 41.3 Å². The maximum atomic E-state index is 12.7. The van der Waals surface area contributed by atoms with Crippen molar-refractivity contribution in [1.29, 1.82) is 0 Å². The van der Waals surface area contributed by atoms with E-state index in [1.807, 2.05) is 60.7 Å². The lowest BCUT2D eigenvalue weighted by Crippen LogP contribution is -2.51. The smallest absolute Gasteiger partial charge is 0.330 e. The van der Waals surface area contributed by atoms with Crippen LogP contribution in [-0.2, 0) is 37.0 Å². The first kappa shape index (κ1) is 26.8. The Bertz CT molecular complexity index is 1390. The van der Waals surface area contributed by atoms with E-state index in [0.29, 0.717) is 0 Å². The van der Waals surface area contributed by atoms with Crippen molar-refractivity contribution >= 4 is 5.97 Å². The van der Waals surface area contributed by atoms with Gasteiger partial charge in [0.05, 0.1) is 26.4 Å².